The van der Waals surface area contributed by atoms with E-state index in [0.717, 1.165) is 0 Å². The van der Waals surface area contributed by atoms with Gasteiger partial charge in [-0.15, -0.1) is 0 Å². The molecule has 8 N–H and O–H groups in total. The van der Waals surface area contributed by atoms with Crippen molar-refractivity contribution in [3.8, 4) is 0 Å². The Balaban J connectivity index is 1.68. The summed E-state index contributed by atoms with van der Waals surface area (Å²) in [6.07, 6.45) is -15.5. The topological polar surface area (TPSA) is 211 Å². The van der Waals surface area contributed by atoms with Crippen molar-refractivity contribution in [3.05, 3.63) is 0 Å². The number of ether oxygens (including phenoxy) is 4. The van der Waals surface area contributed by atoms with Crippen LogP contribution in [0.4, 0.5) is 0 Å². The van der Waals surface area contributed by atoms with E-state index in [1.165, 1.54) is 13.1 Å². The smallest absolute Gasteiger partial charge is 0.187 e. The number of aliphatic hydroxyl groups excluding tert-OH is 8. The first-order valence-electron chi connectivity index (χ1n) is 9.64. The van der Waals surface area contributed by atoms with Crippen molar-refractivity contribution in [1.82, 2.24) is 0 Å². The lowest BCUT2D eigenvalue weighted by atomic mass is 9.97. The molecule has 3 heterocycles. The summed E-state index contributed by atoms with van der Waals surface area (Å²) in [5.74, 6) is 0. The third kappa shape index (κ3) is 4.53. The minimum atomic E-state index is -1.70. The summed E-state index contributed by atoms with van der Waals surface area (Å²) >= 11 is 0. The molecule has 174 valence electrons. The van der Waals surface area contributed by atoms with Gasteiger partial charge in [0.1, 0.15) is 61.0 Å². The van der Waals surface area contributed by atoms with E-state index in [4.69, 9.17) is 18.9 Å². The fourth-order valence-corrected chi connectivity index (χ4v) is 3.69. The zero-order chi connectivity index (χ0) is 22.2. The summed E-state index contributed by atoms with van der Waals surface area (Å²) in [7, 11) is 0. The highest BCUT2D eigenvalue weighted by atomic mass is 16.7. The van der Waals surface area contributed by atoms with E-state index in [0.29, 0.717) is 0 Å². The van der Waals surface area contributed by atoms with Crippen LogP contribution in [0.15, 0.2) is 4.99 Å². The lowest BCUT2D eigenvalue weighted by Gasteiger charge is -2.46. The van der Waals surface area contributed by atoms with Crippen molar-refractivity contribution in [3.63, 3.8) is 0 Å². The molecular formula is C17H29NO12. The van der Waals surface area contributed by atoms with Crippen molar-refractivity contribution in [2.45, 2.75) is 86.6 Å². The molecule has 0 radical (unpaired) electrons. The van der Waals surface area contributed by atoms with Crippen molar-refractivity contribution in [2.75, 3.05) is 13.2 Å². The van der Waals surface area contributed by atoms with Crippen LogP contribution in [0.2, 0.25) is 0 Å². The van der Waals surface area contributed by atoms with Gasteiger partial charge in [-0.05, 0) is 6.92 Å². The summed E-state index contributed by atoms with van der Waals surface area (Å²) in [5.41, 5.74) is 0. The Kier molecular flexibility index (Phi) is 7.76. The first-order valence-corrected chi connectivity index (χ1v) is 9.64. The van der Waals surface area contributed by atoms with Gasteiger partial charge in [0.25, 0.3) is 0 Å². The predicted molar refractivity (Wildman–Crippen MR) is 95.2 cm³/mol. The Hall–Kier alpha value is -0.810. The molecule has 0 aliphatic carbocycles. The first-order chi connectivity index (χ1) is 14.2. The first kappa shape index (κ1) is 23.8. The van der Waals surface area contributed by atoms with Gasteiger partial charge < -0.3 is 59.8 Å². The standard InChI is InChI=1S/C17H29NO12/c1-5-9(22)10(23)12(25)16(27-5)30-15-8(4-20)28-17(13(26)11(15)24)29-14-6(3-19)18-2-7(14)21/h2,5-17,19-26H,3-4H2,1H3/t5-,6-,7-,8-,9-,10+,11-,12-,13-,14-,15-,16+,17-/m1/s1. The molecule has 0 unspecified atom stereocenters. The highest BCUT2D eigenvalue weighted by Crippen LogP contribution is 2.30. The maximum Gasteiger partial charge on any atom is 0.187 e. The predicted octanol–water partition coefficient (Wildman–Crippen LogP) is -5.17. The Morgan fingerprint density at radius 3 is 2.00 bits per heavy atom. The molecule has 0 spiro atoms. The zero-order valence-electron chi connectivity index (χ0n) is 16.2. The van der Waals surface area contributed by atoms with E-state index >= 15 is 0 Å². The quantitative estimate of drug-likeness (QED) is 0.195. The van der Waals surface area contributed by atoms with Crippen LogP contribution in [0.1, 0.15) is 6.92 Å². The molecule has 0 bridgehead atoms. The zero-order valence-corrected chi connectivity index (χ0v) is 16.2. The Labute approximate surface area is 171 Å². The van der Waals surface area contributed by atoms with Crippen LogP contribution in [0.3, 0.4) is 0 Å². The molecule has 13 nitrogen and oxygen atoms in total. The molecule has 0 saturated carbocycles. The van der Waals surface area contributed by atoms with Crippen LogP contribution in [-0.4, -0.2) is 140 Å². The summed E-state index contributed by atoms with van der Waals surface area (Å²) in [5, 5.41) is 79.6. The molecule has 2 fully saturated rings. The van der Waals surface area contributed by atoms with Crippen LogP contribution in [-0.2, 0) is 18.9 Å². The van der Waals surface area contributed by atoms with Gasteiger partial charge in [-0.3, -0.25) is 4.99 Å². The van der Waals surface area contributed by atoms with Gasteiger partial charge >= 0.3 is 0 Å². The van der Waals surface area contributed by atoms with Crippen molar-refractivity contribution in [2.24, 2.45) is 4.99 Å². The van der Waals surface area contributed by atoms with Gasteiger partial charge in [0.05, 0.1) is 19.3 Å². The molecule has 3 aliphatic rings. The van der Waals surface area contributed by atoms with Gasteiger partial charge in [-0.2, -0.15) is 0 Å². The Bertz CT molecular complexity index is 593. The highest BCUT2D eigenvalue weighted by Gasteiger charge is 2.51. The minimum absolute atomic E-state index is 0.429. The fourth-order valence-electron chi connectivity index (χ4n) is 3.69. The number of hydrogen-bond acceptors (Lipinski definition) is 13. The number of rotatable bonds is 6. The number of nitrogens with zero attached hydrogens (tertiary/aromatic N) is 1. The average molecular weight is 439 g/mol. The second-order valence-electron chi connectivity index (χ2n) is 7.63. The number of aliphatic imine (C=N–C) groups is 1. The van der Waals surface area contributed by atoms with Crippen LogP contribution in [0.5, 0.6) is 0 Å². The van der Waals surface area contributed by atoms with Gasteiger partial charge in [0, 0.05) is 6.21 Å². The Morgan fingerprint density at radius 1 is 0.767 bits per heavy atom. The van der Waals surface area contributed by atoms with Gasteiger partial charge in [0.2, 0.25) is 0 Å². The maximum atomic E-state index is 10.5. The van der Waals surface area contributed by atoms with E-state index in [-0.39, 0.29) is 0 Å². The van der Waals surface area contributed by atoms with E-state index in [1.807, 2.05) is 0 Å². The van der Waals surface area contributed by atoms with E-state index in [2.05, 4.69) is 4.99 Å². The average Bonchev–Trinajstić information content (AvgIpc) is 3.09. The molecule has 3 rings (SSSR count). The summed E-state index contributed by atoms with van der Waals surface area (Å²) in [4.78, 5) is 3.87. The summed E-state index contributed by atoms with van der Waals surface area (Å²) in [6, 6.07) is -0.797. The van der Waals surface area contributed by atoms with Crippen LogP contribution in [0, 0.1) is 0 Å². The lowest BCUT2D eigenvalue weighted by Crippen LogP contribution is -2.64. The molecule has 0 aromatic rings. The Morgan fingerprint density at radius 2 is 1.37 bits per heavy atom. The van der Waals surface area contributed by atoms with Crippen LogP contribution in [0.25, 0.3) is 0 Å². The minimum Gasteiger partial charge on any atom is -0.394 e. The fraction of sp³-hybridized carbons (Fsp3) is 0.941. The molecule has 30 heavy (non-hydrogen) atoms. The second kappa shape index (κ2) is 9.77. The third-order valence-electron chi connectivity index (χ3n) is 5.54. The van der Waals surface area contributed by atoms with Gasteiger partial charge in [-0.1, -0.05) is 0 Å². The SMILES string of the molecule is C[C@H]1O[C@@H](O[C@H]2[C@H](O)[C@@H](O)[C@@H](O[C@H]3[C@H](O)C=N[C@@H]3CO)O[C@@H]2CO)[C@H](O)[C@@H](O)[C@@H]1O. The van der Waals surface area contributed by atoms with E-state index in [1.54, 1.807) is 0 Å². The maximum absolute atomic E-state index is 10.5. The van der Waals surface area contributed by atoms with Crippen molar-refractivity contribution < 1.29 is 59.8 Å². The highest BCUT2D eigenvalue weighted by molar-refractivity contribution is 5.67. The number of aliphatic hydroxyl groups is 8. The molecule has 13 heteroatoms. The monoisotopic (exact) mass is 439 g/mol. The lowest BCUT2D eigenvalue weighted by molar-refractivity contribution is -0.361. The molecule has 13 atom stereocenters. The normalized spacial score (nSPS) is 52.0. The number of hydrogen-bond donors (Lipinski definition) is 8. The second-order valence-corrected chi connectivity index (χ2v) is 7.63. The van der Waals surface area contributed by atoms with Gasteiger partial charge in [0.15, 0.2) is 12.6 Å². The van der Waals surface area contributed by atoms with Crippen molar-refractivity contribution in [1.29, 1.82) is 0 Å². The third-order valence-corrected chi connectivity index (χ3v) is 5.54. The molecule has 0 aromatic heterocycles. The van der Waals surface area contributed by atoms with Crippen LogP contribution >= 0.6 is 0 Å². The van der Waals surface area contributed by atoms with E-state index in [9.17, 15) is 40.9 Å². The molecule has 2 saturated heterocycles. The van der Waals surface area contributed by atoms with Gasteiger partial charge in [-0.25, -0.2) is 0 Å². The molecule has 0 amide bonds. The van der Waals surface area contributed by atoms with E-state index < -0.39 is 92.9 Å². The largest absolute Gasteiger partial charge is 0.394 e. The van der Waals surface area contributed by atoms with Crippen molar-refractivity contribution >= 4 is 6.21 Å². The summed E-state index contributed by atoms with van der Waals surface area (Å²) in [6.45, 7) is 0.339. The molecule has 0 aromatic carbocycles. The summed E-state index contributed by atoms with van der Waals surface area (Å²) < 4.78 is 21.8. The van der Waals surface area contributed by atoms with Crippen LogP contribution < -0.4 is 0 Å². The molecule has 3 aliphatic heterocycles. The molecular weight excluding hydrogens is 410 g/mol.